The fraction of sp³-hybridized carbons (Fsp3) is 0.571. The molecule has 0 saturated carbocycles. The second-order valence-corrected chi connectivity index (χ2v) is 3.23. The molecule has 1 aromatic rings. The summed E-state index contributed by atoms with van der Waals surface area (Å²) in [6.07, 6.45) is -1.97. The van der Waals surface area contributed by atoms with Gasteiger partial charge >= 0.3 is 6.18 Å². The van der Waals surface area contributed by atoms with E-state index in [0.29, 0.717) is 4.77 Å². The molecule has 1 rings (SSSR count). The van der Waals surface area contributed by atoms with Crippen LogP contribution in [0.4, 0.5) is 13.2 Å². The standard InChI is InChI=1S/C7H9F3N2S/c1-5(4-7(8,9)10)12-3-2-11-6(12)13/h2-3,5H,4H2,1H3,(H,11,13). The first-order valence-electron chi connectivity index (χ1n) is 3.72. The maximum absolute atomic E-state index is 12.0. The average Bonchev–Trinajstić information content (AvgIpc) is 2.30. The summed E-state index contributed by atoms with van der Waals surface area (Å²) in [4.78, 5) is 2.65. The molecule has 0 amide bonds. The van der Waals surface area contributed by atoms with Crippen molar-refractivity contribution in [1.29, 1.82) is 0 Å². The van der Waals surface area contributed by atoms with E-state index < -0.39 is 18.6 Å². The highest BCUT2D eigenvalue weighted by Gasteiger charge is 2.30. The Morgan fingerprint density at radius 3 is 2.62 bits per heavy atom. The first-order chi connectivity index (χ1) is 5.90. The lowest BCUT2D eigenvalue weighted by molar-refractivity contribution is -0.141. The number of hydrogen-bond donors (Lipinski definition) is 1. The minimum absolute atomic E-state index is 0.316. The van der Waals surface area contributed by atoms with Crippen LogP contribution in [0.25, 0.3) is 0 Å². The average molecular weight is 210 g/mol. The first-order valence-corrected chi connectivity index (χ1v) is 4.13. The largest absolute Gasteiger partial charge is 0.391 e. The van der Waals surface area contributed by atoms with Gasteiger partial charge in [0.15, 0.2) is 4.77 Å². The topological polar surface area (TPSA) is 20.7 Å². The molecule has 0 spiro atoms. The summed E-state index contributed by atoms with van der Waals surface area (Å²) >= 11 is 4.79. The molecule has 13 heavy (non-hydrogen) atoms. The van der Waals surface area contributed by atoms with Gasteiger partial charge in [0.25, 0.3) is 0 Å². The van der Waals surface area contributed by atoms with Crippen LogP contribution < -0.4 is 0 Å². The van der Waals surface area contributed by atoms with Gasteiger partial charge < -0.3 is 9.55 Å². The molecule has 0 saturated heterocycles. The maximum atomic E-state index is 12.0. The molecule has 6 heteroatoms. The zero-order valence-electron chi connectivity index (χ0n) is 6.93. The van der Waals surface area contributed by atoms with Crippen LogP contribution in [0.2, 0.25) is 0 Å². The Balaban J connectivity index is 2.75. The summed E-state index contributed by atoms with van der Waals surface area (Å²) < 4.78 is 37.6. The lowest BCUT2D eigenvalue weighted by Crippen LogP contribution is -2.16. The van der Waals surface area contributed by atoms with Crippen LogP contribution in [0.1, 0.15) is 19.4 Å². The highest BCUT2D eigenvalue weighted by Crippen LogP contribution is 2.27. The fourth-order valence-electron chi connectivity index (χ4n) is 1.11. The SMILES string of the molecule is CC(CC(F)(F)F)n1cc[nH]c1=S. The zero-order valence-corrected chi connectivity index (χ0v) is 7.75. The van der Waals surface area contributed by atoms with E-state index >= 15 is 0 Å². The predicted molar refractivity (Wildman–Crippen MR) is 45.0 cm³/mol. The van der Waals surface area contributed by atoms with Gasteiger partial charge in [0.2, 0.25) is 0 Å². The van der Waals surface area contributed by atoms with Gasteiger partial charge in [-0.3, -0.25) is 0 Å². The number of nitrogens with zero attached hydrogens (tertiary/aromatic N) is 1. The molecule has 74 valence electrons. The van der Waals surface area contributed by atoms with Gasteiger partial charge in [-0.2, -0.15) is 13.2 Å². The lowest BCUT2D eigenvalue weighted by atomic mass is 10.2. The van der Waals surface area contributed by atoms with Crippen molar-refractivity contribution in [2.75, 3.05) is 0 Å². The number of H-pyrrole nitrogens is 1. The Morgan fingerprint density at radius 2 is 2.23 bits per heavy atom. The third-order valence-electron chi connectivity index (χ3n) is 1.68. The number of nitrogens with one attached hydrogen (secondary N) is 1. The number of alkyl halides is 3. The highest BCUT2D eigenvalue weighted by molar-refractivity contribution is 7.71. The number of hydrogen-bond acceptors (Lipinski definition) is 1. The van der Waals surface area contributed by atoms with E-state index in [0.717, 1.165) is 0 Å². The molecule has 1 unspecified atom stereocenters. The molecular weight excluding hydrogens is 201 g/mol. The number of rotatable bonds is 2. The monoisotopic (exact) mass is 210 g/mol. The van der Waals surface area contributed by atoms with Gasteiger partial charge in [-0.25, -0.2) is 0 Å². The van der Waals surface area contributed by atoms with E-state index in [-0.39, 0.29) is 0 Å². The summed E-state index contributed by atoms with van der Waals surface area (Å²) in [6.45, 7) is 1.48. The molecule has 1 aromatic heterocycles. The van der Waals surface area contributed by atoms with Crippen molar-refractivity contribution in [3.8, 4) is 0 Å². The van der Waals surface area contributed by atoms with Crippen LogP contribution in [0, 0.1) is 4.77 Å². The smallest absolute Gasteiger partial charge is 0.337 e. The van der Waals surface area contributed by atoms with Gasteiger partial charge in [-0.1, -0.05) is 0 Å². The van der Waals surface area contributed by atoms with Crippen LogP contribution in [-0.2, 0) is 0 Å². The Bertz CT molecular complexity index is 325. The van der Waals surface area contributed by atoms with Crippen molar-refractivity contribution in [3.05, 3.63) is 17.2 Å². The van der Waals surface area contributed by atoms with Crippen molar-refractivity contribution in [2.45, 2.75) is 25.6 Å². The van der Waals surface area contributed by atoms with E-state index in [1.807, 2.05) is 0 Å². The molecule has 1 atom stereocenters. The number of imidazole rings is 1. The highest BCUT2D eigenvalue weighted by atomic mass is 32.1. The van der Waals surface area contributed by atoms with E-state index in [2.05, 4.69) is 4.98 Å². The third-order valence-corrected chi connectivity index (χ3v) is 2.01. The molecule has 0 aromatic carbocycles. The van der Waals surface area contributed by atoms with Gasteiger partial charge in [-0.05, 0) is 19.1 Å². The first kappa shape index (κ1) is 10.3. The molecule has 1 N–H and O–H groups in total. The van der Waals surface area contributed by atoms with Gasteiger partial charge in [0.1, 0.15) is 0 Å². The molecule has 2 nitrogen and oxygen atoms in total. The van der Waals surface area contributed by atoms with Crippen LogP contribution >= 0.6 is 12.2 Å². The summed E-state index contributed by atoms with van der Waals surface area (Å²) in [5, 5.41) is 0. The third kappa shape index (κ3) is 2.87. The van der Waals surface area contributed by atoms with Crippen molar-refractivity contribution >= 4 is 12.2 Å². The normalized spacial score (nSPS) is 14.5. The number of halogens is 3. The van der Waals surface area contributed by atoms with Gasteiger partial charge in [0, 0.05) is 18.4 Å². The Kier molecular flexibility index (Phi) is 2.80. The fourth-order valence-corrected chi connectivity index (χ4v) is 1.42. The number of aromatic amines is 1. The van der Waals surface area contributed by atoms with Gasteiger partial charge in [-0.15, -0.1) is 0 Å². The molecule has 0 aliphatic rings. The van der Waals surface area contributed by atoms with Crippen LogP contribution in [0.5, 0.6) is 0 Å². The van der Waals surface area contributed by atoms with E-state index in [1.54, 1.807) is 0 Å². The quantitative estimate of drug-likeness (QED) is 0.744. The predicted octanol–water partition coefficient (Wildman–Crippen LogP) is 3.06. The second-order valence-electron chi connectivity index (χ2n) is 2.84. The van der Waals surface area contributed by atoms with Crippen LogP contribution in [0.15, 0.2) is 12.4 Å². The van der Waals surface area contributed by atoms with Crippen LogP contribution in [0.3, 0.4) is 0 Å². The lowest BCUT2D eigenvalue weighted by Gasteiger charge is -2.14. The molecule has 0 fully saturated rings. The summed E-state index contributed by atoms with van der Waals surface area (Å²) in [6, 6.07) is -0.654. The Hall–Kier alpha value is -0.780. The van der Waals surface area contributed by atoms with Crippen molar-refractivity contribution in [3.63, 3.8) is 0 Å². The minimum atomic E-state index is -4.15. The van der Waals surface area contributed by atoms with Crippen molar-refractivity contribution < 1.29 is 13.2 Å². The summed E-state index contributed by atoms with van der Waals surface area (Å²) in [7, 11) is 0. The van der Waals surface area contributed by atoms with E-state index in [4.69, 9.17) is 12.2 Å². The molecular formula is C7H9F3N2S. The Morgan fingerprint density at radius 1 is 1.62 bits per heavy atom. The Labute approximate surface area is 78.4 Å². The molecule has 0 bridgehead atoms. The number of aromatic nitrogens is 2. The molecule has 1 heterocycles. The van der Waals surface area contributed by atoms with Gasteiger partial charge in [0.05, 0.1) is 6.42 Å². The summed E-state index contributed by atoms with van der Waals surface area (Å²) in [5.41, 5.74) is 0. The maximum Gasteiger partial charge on any atom is 0.391 e. The minimum Gasteiger partial charge on any atom is -0.337 e. The zero-order chi connectivity index (χ0) is 10.1. The molecule has 0 aliphatic carbocycles. The van der Waals surface area contributed by atoms with Crippen LogP contribution in [-0.4, -0.2) is 15.7 Å². The van der Waals surface area contributed by atoms with Crippen molar-refractivity contribution in [2.24, 2.45) is 0 Å². The van der Waals surface area contributed by atoms with E-state index in [9.17, 15) is 13.2 Å². The van der Waals surface area contributed by atoms with Crippen molar-refractivity contribution in [1.82, 2.24) is 9.55 Å². The van der Waals surface area contributed by atoms with E-state index in [1.165, 1.54) is 23.9 Å². The molecule has 0 radical (unpaired) electrons. The summed E-state index contributed by atoms with van der Waals surface area (Å²) in [5.74, 6) is 0. The molecule has 0 aliphatic heterocycles. The second kappa shape index (κ2) is 3.53.